The first-order chi connectivity index (χ1) is 10.1. The molecule has 5 N–H and O–H groups in total. The highest BCUT2D eigenvalue weighted by molar-refractivity contribution is 5.80. The van der Waals surface area contributed by atoms with Gasteiger partial charge >= 0.3 is 0 Å². The molecule has 0 amide bonds. The molecule has 0 aliphatic rings. The minimum atomic E-state index is -0.631. The lowest BCUT2D eigenvalue weighted by atomic mass is 9.93. The van der Waals surface area contributed by atoms with Gasteiger partial charge in [-0.05, 0) is 11.6 Å². The Balaban J connectivity index is 2.23. The van der Waals surface area contributed by atoms with Crippen LogP contribution in [-0.4, -0.2) is 26.7 Å². The molecule has 1 aromatic carbocycles. The van der Waals surface area contributed by atoms with Gasteiger partial charge in [0.15, 0.2) is 0 Å². The summed E-state index contributed by atoms with van der Waals surface area (Å²) in [6.45, 7) is -0.317. The van der Waals surface area contributed by atoms with Gasteiger partial charge in [-0.2, -0.15) is 0 Å². The van der Waals surface area contributed by atoms with E-state index < -0.39 is 17.3 Å². The lowest BCUT2D eigenvalue weighted by Gasteiger charge is -2.14. The fraction of sp³-hybridized carbons (Fsp3) is 0.143. The van der Waals surface area contributed by atoms with Crippen LogP contribution >= 0.6 is 0 Å². The number of nitrogens with two attached hydrogens (primary N) is 1. The van der Waals surface area contributed by atoms with Crippen molar-refractivity contribution >= 4 is 17.0 Å². The summed E-state index contributed by atoms with van der Waals surface area (Å²) in [5.41, 5.74) is 6.57. The number of H-pyrrole nitrogens is 2. The van der Waals surface area contributed by atoms with Crippen molar-refractivity contribution < 1.29 is 9.50 Å². The standard InChI is InChI=1S/C14H13FN4O2/c15-10-4-2-1-3-7(10)9(6-20)8-5-17-12-11(8)18-14(16)19-13(12)21/h1-5,9,17,20H,6H2,(H3,16,18,19,21)/t9-/m0/s1. The number of fused-ring (bicyclic) bond motifs is 1. The van der Waals surface area contributed by atoms with E-state index in [2.05, 4.69) is 15.0 Å². The lowest BCUT2D eigenvalue weighted by molar-refractivity contribution is 0.278. The zero-order valence-corrected chi connectivity index (χ0v) is 10.9. The van der Waals surface area contributed by atoms with E-state index in [9.17, 15) is 14.3 Å². The van der Waals surface area contributed by atoms with Gasteiger partial charge in [-0.15, -0.1) is 0 Å². The number of halogens is 1. The summed E-state index contributed by atoms with van der Waals surface area (Å²) < 4.78 is 13.9. The zero-order valence-electron chi connectivity index (χ0n) is 10.9. The van der Waals surface area contributed by atoms with Crippen LogP contribution in [0.25, 0.3) is 11.0 Å². The molecule has 0 saturated carbocycles. The summed E-state index contributed by atoms with van der Waals surface area (Å²) in [6.07, 6.45) is 1.54. The number of hydrogen-bond donors (Lipinski definition) is 4. The van der Waals surface area contributed by atoms with E-state index in [1.807, 2.05) is 0 Å². The largest absolute Gasteiger partial charge is 0.395 e. The van der Waals surface area contributed by atoms with Gasteiger partial charge in [-0.3, -0.25) is 9.78 Å². The maximum Gasteiger partial charge on any atom is 0.276 e. The van der Waals surface area contributed by atoms with Gasteiger partial charge in [0.05, 0.1) is 6.61 Å². The molecule has 6 nitrogen and oxygen atoms in total. The number of aliphatic hydroxyl groups is 1. The molecule has 0 aliphatic heterocycles. The zero-order chi connectivity index (χ0) is 15.0. The van der Waals surface area contributed by atoms with Gasteiger partial charge in [-0.25, -0.2) is 9.37 Å². The number of nitrogen functional groups attached to an aromatic ring is 1. The molecule has 0 bridgehead atoms. The first kappa shape index (κ1) is 13.3. The van der Waals surface area contributed by atoms with Crippen molar-refractivity contribution in [2.75, 3.05) is 12.3 Å². The van der Waals surface area contributed by atoms with Gasteiger partial charge in [-0.1, -0.05) is 18.2 Å². The highest BCUT2D eigenvalue weighted by Crippen LogP contribution is 2.30. The highest BCUT2D eigenvalue weighted by Gasteiger charge is 2.22. The SMILES string of the molecule is Nc1nc2c([C@@H](CO)c3ccccc3F)c[nH]c2c(=O)[nH]1. The van der Waals surface area contributed by atoms with Gasteiger partial charge in [0, 0.05) is 17.7 Å². The average Bonchev–Trinajstić information content (AvgIpc) is 2.86. The molecular formula is C14H13FN4O2. The van der Waals surface area contributed by atoms with E-state index in [0.29, 0.717) is 16.6 Å². The van der Waals surface area contributed by atoms with Crippen LogP contribution in [0, 0.1) is 5.82 Å². The molecule has 108 valence electrons. The normalized spacial score (nSPS) is 12.7. The number of anilines is 1. The Hall–Kier alpha value is -2.67. The lowest BCUT2D eigenvalue weighted by Crippen LogP contribution is -2.12. The minimum Gasteiger partial charge on any atom is -0.395 e. The van der Waals surface area contributed by atoms with Gasteiger partial charge < -0.3 is 15.8 Å². The molecule has 1 atom stereocenters. The number of hydrogen-bond acceptors (Lipinski definition) is 4. The molecule has 7 heteroatoms. The third kappa shape index (κ3) is 2.17. The topological polar surface area (TPSA) is 108 Å². The predicted molar refractivity (Wildman–Crippen MR) is 76.5 cm³/mol. The molecular weight excluding hydrogens is 275 g/mol. The van der Waals surface area contributed by atoms with E-state index in [4.69, 9.17) is 5.73 Å². The molecule has 0 aliphatic carbocycles. The van der Waals surface area contributed by atoms with Crippen LogP contribution in [-0.2, 0) is 0 Å². The third-order valence-electron chi connectivity index (χ3n) is 3.42. The van der Waals surface area contributed by atoms with Crippen LogP contribution in [0.3, 0.4) is 0 Å². The summed E-state index contributed by atoms with van der Waals surface area (Å²) in [5.74, 6) is -1.09. The van der Waals surface area contributed by atoms with Crippen LogP contribution in [0.15, 0.2) is 35.3 Å². The summed E-state index contributed by atoms with van der Waals surface area (Å²) in [4.78, 5) is 21.0. The smallest absolute Gasteiger partial charge is 0.276 e. The molecule has 2 heterocycles. The Kier molecular flexibility index (Phi) is 3.19. The van der Waals surface area contributed by atoms with Crippen molar-refractivity contribution in [2.24, 2.45) is 0 Å². The second kappa shape index (κ2) is 5.02. The third-order valence-corrected chi connectivity index (χ3v) is 3.42. The second-order valence-corrected chi connectivity index (χ2v) is 4.68. The van der Waals surface area contributed by atoms with Crippen molar-refractivity contribution in [3.63, 3.8) is 0 Å². The maximum absolute atomic E-state index is 13.9. The first-order valence-electron chi connectivity index (χ1n) is 6.34. The number of aliphatic hydroxyl groups excluding tert-OH is 1. The van der Waals surface area contributed by atoms with E-state index >= 15 is 0 Å². The number of aromatic nitrogens is 3. The van der Waals surface area contributed by atoms with Crippen molar-refractivity contribution in [2.45, 2.75) is 5.92 Å². The summed E-state index contributed by atoms with van der Waals surface area (Å²) in [6, 6.07) is 6.17. The highest BCUT2D eigenvalue weighted by atomic mass is 19.1. The van der Waals surface area contributed by atoms with Crippen LogP contribution in [0.2, 0.25) is 0 Å². The van der Waals surface area contributed by atoms with Gasteiger partial charge in [0.25, 0.3) is 5.56 Å². The molecule has 0 saturated heterocycles. The monoisotopic (exact) mass is 288 g/mol. The number of rotatable bonds is 3. The first-order valence-corrected chi connectivity index (χ1v) is 6.34. The summed E-state index contributed by atoms with van der Waals surface area (Å²) in [7, 11) is 0. The molecule has 3 rings (SSSR count). The predicted octanol–water partition coefficient (Wildman–Crippen LogP) is 1.10. The van der Waals surface area contributed by atoms with E-state index in [-0.39, 0.29) is 18.1 Å². The number of aromatic amines is 2. The fourth-order valence-electron chi connectivity index (χ4n) is 2.44. The van der Waals surface area contributed by atoms with Crippen LogP contribution < -0.4 is 11.3 Å². The molecule has 0 radical (unpaired) electrons. The number of benzene rings is 1. The Morgan fingerprint density at radius 1 is 1.33 bits per heavy atom. The molecule has 0 spiro atoms. The van der Waals surface area contributed by atoms with Crippen LogP contribution in [0.1, 0.15) is 17.0 Å². The van der Waals surface area contributed by atoms with Crippen molar-refractivity contribution in [1.29, 1.82) is 0 Å². The Labute approximate surface area is 118 Å². The van der Waals surface area contributed by atoms with Crippen molar-refractivity contribution in [1.82, 2.24) is 15.0 Å². The van der Waals surface area contributed by atoms with E-state index in [1.165, 1.54) is 6.07 Å². The van der Waals surface area contributed by atoms with Crippen molar-refractivity contribution in [3.8, 4) is 0 Å². The fourth-order valence-corrected chi connectivity index (χ4v) is 2.44. The number of nitrogens with one attached hydrogen (secondary N) is 2. The van der Waals surface area contributed by atoms with Gasteiger partial charge in [0.1, 0.15) is 16.9 Å². The van der Waals surface area contributed by atoms with Gasteiger partial charge in [0.2, 0.25) is 5.95 Å². The quantitative estimate of drug-likeness (QED) is 0.578. The Morgan fingerprint density at radius 3 is 2.81 bits per heavy atom. The Morgan fingerprint density at radius 2 is 2.10 bits per heavy atom. The van der Waals surface area contributed by atoms with E-state index in [0.717, 1.165) is 0 Å². The molecule has 0 fully saturated rings. The van der Waals surface area contributed by atoms with E-state index in [1.54, 1.807) is 24.4 Å². The van der Waals surface area contributed by atoms with Crippen LogP contribution in [0.5, 0.6) is 0 Å². The number of nitrogens with zero attached hydrogens (tertiary/aromatic N) is 1. The summed E-state index contributed by atoms with van der Waals surface area (Å²) in [5, 5.41) is 9.65. The minimum absolute atomic E-state index is 0.0291. The molecule has 0 unspecified atom stereocenters. The van der Waals surface area contributed by atoms with Crippen LogP contribution in [0.4, 0.5) is 10.3 Å². The second-order valence-electron chi connectivity index (χ2n) is 4.68. The maximum atomic E-state index is 13.9. The Bertz CT molecular complexity index is 856. The van der Waals surface area contributed by atoms with Crippen molar-refractivity contribution in [3.05, 3.63) is 57.8 Å². The molecule has 3 aromatic rings. The molecule has 21 heavy (non-hydrogen) atoms. The average molecular weight is 288 g/mol. The molecule has 2 aromatic heterocycles. The summed E-state index contributed by atoms with van der Waals surface area (Å²) >= 11 is 0.